The fourth-order valence-electron chi connectivity index (χ4n) is 0.971. The first-order valence-electron chi connectivity index (χ1n) is 4.50. The SMILES string of the molecule is OC[C@@H](O)CCOc1ccc(Br)c(F)c1. The van der Waals surface area contributed by atoms with Gasteiger partial charge in [0.15, 0.2) is 0 Å². The van der Waals surface area contributed by atoms with Crippen LogP contribution >= 0.6 is 15.9 Å². The van der Waals surface area contributed by atoms with E-state index in [0.717, 1.165) is 0 Å². The maximum Gasteiger partial charge on any atom is 0.141 e. The Balaban J connectivity index is 2.41. The van der Waals surface area contributed by atoms with Crippen LogP contribution in [0.25, 0.3) is 0 Å². The molecule has 1 atom stereocenters. The fourth-order valence-corrected chi connectivity index (χ4v) is 1.22. The van der Waals surface area contributed by atoms with Gasteiger partial charge >= 0.3 is 0 Å². The lowest BCUT2D eigenvalue weighted by Crippen LogP contribution is -2.15. The van der Waals surface area contributed by atoms with E-state index in [2.05, 4.69) is 15.9 Å². The van der Waals surface area contributed by atoms with Gasteiger partial charge in [0.1, 0.15) is 11.6 Å². The van der Waals surface area contributed by atoms with Crippen LogP contribution in [0.3, 0.4) is 0 Å². The summed E-state index contributed by atoms with van der Waals surface area (Å²) in [6.07, 6.45) is -0.473. The molecule has 0 aliphatic rings. The van der Waals surface area contributed by atoms with Crippen molar-refractivity contribution in [1.82, 2.24) is 0 Å². The summed E-state index contributed by atoms with van der Waals surface area (Å²) >= 11 is 3.03. The summed E-state index contributed by atoms with van der Waals surface area (Å²) < 4.78 is 18.6. The molecular weight excluding hydrogens is 267 g/mol. The van der Waals surface area contributed by atoms with Crippen molar-refractivity contribution in [2.75, 3.05) is 13.2 Å². The van der Waals surface area contributed by atoms with Crippen molar-refractivity contribution in [3.63, 3.8) is 0 Å². The molecule has 0 aliphatic carbocycles. The Labute approximate surface area is 95.6 Å². The number of benzene rings is 1. The van der Waals surface area contributed by atoms with Gasteiger partial charge in [0.2, 0.25) is 0 Å². The number of ether oxygens (including phenoxy) is 1. The topological polar surface area (TPSA) is 49.7 Å². The van der Waals surface area contributed by atoms with Crippen LogP contribution < -0.4 is 4.74 Å². The Morgan fingerprint density at radius 1 is 1.47 bits per heavy atom. The summed E-state index contributed by atoms with van der Waals surface area (Å²) in [5.41, 5.74) is 0. The highest BCUT2D eigenvalue weighted by atomic mass is 79.9. The monoisotopic (exact) mass is 278 g/mol. The van der Waals surface area contributed by atoms with Crippen LogP contribution in [0.15, 0.2) is 22.7 Å². The first-order valence-corrected chi connectivity index (χ1v) is 5.29. The van der Waals surface area contributed by atoms with Crippen LogP contribution in [0, 0.1) is 5.82 Å². The largest absolute Gasteiger partial charge is 0.493 e. The lowest BCUT2D eigenvalue weighted by molar-refractivity contribution is 0.0753. The van der Waals surface area contributed by atoms with Crippen LogP contribution in [0.4, 0.5) is 4.39 Å². The quantitative estimate of drug-likeness (QED) is 0.862. The molecular formula is C10H12BrFO3. The Kier molecular flexibility index (Phi) is 5.01. The Bertz CT molecular complexity index is 320. The average molecular weight is 279 g/mol. The Morgan fingerprint density at radius 2 is 2.20 bits per heavy atom. The highest BCUT2D eigenvalue weighted by Gasteiger charge is 2.04. The van der Waals surface area contributed by atoms with E-state index in [-0.39, 0.29) is 13.2 Å². The van der Waals surface area contributed by atoms with Crippen molar-refractivity contribution >= 4 is 15.9 Å². The fraction of sp³-hybridized carbons (Fsp3) is 0.400. The van der Waals surface area contributed by atoms with Crippen LogP contribution in [-0.2, 0) is 0 Å². The van der Waals surface area contributed by atoms with E-state index >= 15 is 0 Å². The van der Waals surface area contributed by atoms with Gasteiger partial charge in [-0.25, -0.2) is 4.39 Å². The van der Waals surface area contributed by atoms with E-state index in [1.54, 1.807) is 12.1 Å². The summed E-state index contributed by atoms with van der Waals surface area (Å²) in [6.45, 7) is -0.0547. The predicted octanol–water partition coefficient (Wildman–Crippen LogP) is 1.71. The zero-order chi connectivity index (χ0) is 11.3. The van der Waals surface area contributed by atoms with Crippen molar-refractivity contribution in [3.05, 3.63) is 28.5 Å². The second-order valence-corrected chi connectivity index (χ2v) is 3.90. The predicted molar refractivity (Wildman–Crippen MR) is 57.3 cm³/mol. The smallest absolute Gasteiger partial charge is 0.141 e. The second kappa shape index (κ2) is 6.05. The molecule has 84 valence electrons. The summed E-state index contributed by atoms with van der Waals surface area (Å²) in [5.74, 6) is 0.0102. The van der Waals surface area contributed by atoms with Crippen molar-refractivity contribution in [3.8, 4) is 5.75 Å². The van der Waals surface area contributed by atoms with Crippen LogP contribution in [-0.4, -0.2) is 29.5 Å². The van der Waals surface area contributed by atoms with Gasteiger partial charge in [0.05, 0.1) is 23.8 Å². The van der Waals surface area contributed by atoms with Crippen molar-refractivity contribution in [2.24, 2.45) is 0 Å². The third-order valence-corrected chi connectivity index (χ3v) is 2.46. The molecule has 0 aliphatic heterocycles. The molecule has 0 bridgehead atoms. The number of hydrogen-bond donors (Lipinski definition) is 2. The van der Waals surface area contributed by atoms with E-state index in [4.69, 9.17) is 14.9 Å². The molecule has 0 spiro atoms. The van der Waals surface area contributed by atoms with Crippen LogP contribution in [0.1, 0.15) is 6.42 Å². The summed E-state index contributed by atoms with van der Waals surface area (Å²) in [5, 5.41) is 17.6. The van der Waals surface area contributed by atoms with Gasteiger partial charge in [-0.05, 0) is 28.1 Å². The van der Waals surface area contributed by atoms with Crippen molar-refractivity contribution in [2.45, 2.75) is 12.5 Å². The molecule has 1 rings (SSSR count). The van der Waals surface area contributed by atoms with Crippen molar-refractivity contribution in [1.29, 1.82) is 0 Å². The minimum atomic E-state index is -0.787. The number of aliphatic hydroxyl groups excluding tert-OH is 2. The lowest BCUT2D eigenvalue weighted by atomic mass is 10.3. The van der Waals surface area contributed by atoms with E-state index < -0.39 is 11.9 Å². The second-order valence-electron chi connectivity index (χ2n) is 3.05. The van der Waals surface area contributed by atoms with E-state index in [1.165, 1.54) is 6.07 Å². The van der Waals surface area contributed by atoms with Gasteiger partial charge in [-0.3, -0.25) is 0 Å². The zero-order valence-corrected chi connectivity index (χ0v) is 9.58. The molecule has 3 nitrogen and oxygen atoms in total. The Hall–Kier alpha value is -0.650. The number of hydrogen-bond acceptors (Lipinski definition) is 3. The number of halogens is 2. The number of aliphatic hydroxyl groups is 2. The summed E-state index contributed by atoms with van der Waals surface area (Å²) in [7, 11) is 0. The van der Waals surface area contributed by atoms with E-state index in [9.17, 15) is 4.39 Å². The van der Waals surface area contributed by atoms with E-state index in [1.807, 2.05) is 0 Å². The molecule has 0 amide bonds. The summed E-state index contributed by atoms with van der Waals surface area (Å²) in [4.78, 5) is 0. The highest BCUT2D eigenvalue weighted by Crippen LogP contribution is 2.20. The van der Waals surface area contributed by atoms with Crippen molar-refractivity contribution < 1.29 is 19.3 Å². The van der Waals surface area contributed by atoms with Gasteiger partial charge < -0.3 is 14.9 Å². The summed E-state index contributed by atoms with van der Waals surface area (Å²) in [6, 6.07) is 4.43. The minimum absolute atomic E-state index is 0.239. The van der Waals surface area contributed by atoms with E-state index in [0.29, 0.717) is 16.6 Å². The first-order chi connectivity index (χ1) is 7.13. The van der Waals surface area contributed by atoms with Gasteiger partial charge in [-0.2, -0.15) is 0 Å². The molecule has 0 aromatic heterocycles. The molecule has 1 aromatic rings. The lowest BCUT2D eigenvalue weighted by Gasteiger charge is -2.09. The van der Waals surface area contributed by atoms with Crippen LogP contribution in [0.5, 0.6) is 5.75 Å². The van der Waals surface area contributed by atoms with Gasteiger partial charge in [-0.15, -0.1) is 0 Å². The molecule has 0 saturated heterocycles. The molecule has 1 aromatic carbocycles. The number of rotatable bonds is 5. The molecule has 0 fully saturated rings. The molecule has 5 heteroatoms. The van der Waals surface area contributed by atoms with Gasteiger partial charge in [0.25, 0.3) is 0 Å². The normalized spacial score (nSPS) is 12.5. The first kappa shape index (κ1) is 12.4. The highest BCUT2D eigenvalue weighted by molar-refractivity contribution is 9.10. The molecule has 15 heavy (non-hydrogen) atoms. The minimum Gasteiger partial charge on any atom is -0.493 e. The Morgan fingerprint density at radius 3 is 2.80 bits per heavy atom. The molecule has 2 N–H and O–H groups in total. The van der Waals surface area contributed by atoms with Gasteiger partial charge in [0, 0.05) is 12.5 Å². The van der Waals surface area contributed by atoms with Crippen LogP contribution in [0.2, 0.25) is 0 Å². The average Bonchev–Trinajstić information content (AvgIpc) is 2.23. The maximum atomic E-state index is 13.0. The molecule has 0 saturated carbocycles. The third-order valence-electron chi connectivity index (χ3n) is 1.82. The standard InChI is InChI=1S/C10H12BrFO3/c11-9-2-1-8(5-10(9)12)15-4-3-7(14)6-13/h1-2,5,7,13-14H,3-4,6H2/t7-/m0/s1. The molecule has 0 unspecified atom stereocenters. The molecule has 0 heterocycles. The van der Waals surface area contributed by atoms with Gasteiger partial charge in [-0.1, -0.05) is 0 Å². The molecule has 0 radical (unpaired) electrons. The maximum absolute atomic E-state index is 13.0. The zero-order valence-electron chi connectivity index (χ0n) is 7.99. The third kappa shape index (κ3) is 4.15.